The lowest BCUT2D eigenvalue weighted by Crippen LogP contribution is -2.33. The first-order valence-corrected chi connectivity index (χ1v) is 7.87. The zero-order valence-electron chi connectivity index (χ0n) is 14.0. The summed E-state index contributed by atoms with van der Waals surface area (Å²) in [6.45, 7) is 1.75. The number of rotatable bonds is 7. The van der Waals surface area contributed by atoms with Crippen molar-refractivity contribution in [2.24, 2.45) is 5.73 Å². The molecular formula is C19H20N2O4. The Kier molecular flexibility index (Phi) is 6.28. The minimum atomic E-state index is -0.632. The predicted octanol–water partition coefficient (Wildman–Crippen LogP) is 1.75. The SMILES string of the molecule is Cc1ccc(CCC(=O)Oc2cccc(C(=O)NCC(N)=O)c2)cc1. The Morgan fingerprint density at radius 2 is 1.80 bits per heavy atom. The van der Waals surface area contributed by atoms with Crippen molar-refractivity contribution in [1.82, 2.24) is 5.32 Å². The highest BCUT2D eigenvalue weighted by molar-refractivity contribution is 5.96. The number of aryl methyl sites for hydroxylation is 2. The maximum absolute atomic E-state index is 12.0. The quantitative estimate of drug-likeness (QED) is 0.592. The van der Waals surface area contributed by atoms with Crippen LogP contribution in [0.5, 0.6) is 5.75 Å². The summed E-state index contributed by atoms with van der Waals surface area (Å²) in [6.07, 6.45) is 0.819. The largest absolute Gasteiger partial charge is 0.426 e. The number of primary amides is 1. The van der Waals surface area contributed by atoms with Gasteiger partial charge < -0.3 is 15.8 Å². The van der Waals surface area contributed by atoms with Crippen molar-refractivity contribution in [3.63, 3.8) is 0 Å². The number of hydrogen-bond acceptors (Lipinski definition) is 4. The van der Waals surface area contributed by atoms with Gasteiger partial charge in [-0.1, -0.05) is 35.9 Å². The zero-order valence-corrected chi connectivity index (χ0v) is 14.0. The maximum Gasteiger partial charge on any atom is 0.311 e. The average molecular weight is 340 g/mol. The van der Waals surface area contributed by atoms with E-state index >= 15 is 0 Å². The van der Waals surface area contributed by atoms with Crippen molar-refractivity contribution < 1.29 is 19.1 Å². The molecule has 2 aromatic carbocycles. The van der Waals surface area contributed by atoms with E-state index in [0.29, 0.717) is 6.42 Å². The van der Waals surface area contributed by atoms with Crippen LogP contribution in [0, 0.1) is 6.92 Å². The van der Waals surface area contributed by atoms with Crippen molar-refractivity contribution in [2.45, 2.75) is 19.8 Å². The van der Waals surface area contributed by atoms with E-state index in [-0.39, 0.29) is 30.2 Å². The van der Waals surface area contributed by atoms with E-state index in [1.807, 2.05) is 31.2 Å². The van der Waals surface area contributed by atoms with Crippen LogP contribution >= 0.6 is 0 Å². The summed E-state index contributed by atoms with van der Waals surface area (Å²) in [5.41, 5.74) is 7.49. The Morgan fingerprint density at radius 3 is 2.48 bits per heavy atom. The van der Waals surface area contributed by atoms with Gasteiger partial charge in [-0.3, -0.25) is 14.4 Å². The van der Waals surface area contributed by atoms with Crippen molar-refractivity contribution >= 4 is 17.8 Å². The van der Waals surface area contributed by atoms with E-state index in [1.54, 1.807) is 18.2 Å². The van der Waals surface area contributed by atoms with E-state index in [0.717, 1.165) is 11.1 Å². The second kappa shape index (κ2) is 8.63. The number of nitrogens with one attached hydrogen (secondary N) is 1. The Labute approximate surface area is 146 Å². The Bertz CT molecular complexity index is 769. The molecule has 0 unspecified atom stereocenters. The molecule has 130 valence electrons. The molecule has 0 saturated carbocycles. The number of esters is 1. The van der Waals surface area contributed by atoms with Crippen molar-refractivity contribution in [3.8, 4) is 5.75 Å². The molecule has 0 fully saturated rings. The van der Waals surface area contributed by atoms with Crippen LogP contribution in [0.1, 0.15) is 27.9 Å². The van der Waals surface area contributed by atoms with Crippen LogP contribution in [0.3, 0.4) is 0 Å². The Balaban J connectivity index is 1.89. The molecule has 2 amide bonds. The summed E-state index contributed by atoms with van der Waals surface area (Å²) in [7, 11) is 0. The summed E-state index contributed by atoms with van der Waals surface area (Å²) < 4.78 is 5.27. The third kappa shape index (κ3) is 6.10. The predicted molar refractivity (Wildman–Crippen MR) is 93.1 cm³/mol. The van der Waals surface area contributed by atoms with E-state index in [4.69, 9.17) is 10.5 Å². The fourth-order valence-corrected chi connectivity index (χ4v) is 2.15. The van der Waals surface area contributed by atoms with Crippen molar-refractivity contribution in [2.75, 3.05) is 6.54 Å². The topological polar surface area (TPSA) is 98.5 Å². The van der Waals surface area contributed by atoms with Crippen LogP contribution in [0.15, 0.2) is 48.5 Å². The van der Waals surface area contributed by atoms with Crippen molar-refractivity contribution in [3.05, 3.63) is 65.2 Å². The van der Waals surface area contributed by atoms with E-state index in [1.165, 1.54) is 6.07 Å². The molecule has 6 heteroatoms. The van der Waals surface area contributed by atoms with Gasteiger partial charge in [0.05, 0.1) is 6.54 Å². The van der Waals surface area contributed by atoms with Crippen LogP contribution in [0.25, 0.3) is 0 Å². The molecular weight excluding hydrogens is 320 g/mol. The smallest absolute Gasteiger partial charge is 0.311 e. The lowest BCUT2D eigenvalue weighted by molar-refractivity contribution is -0.134. The lowest BCUT2D eigenvalue weighted by atomic mass is 10.1. The van der Waals surface area contributed by atoms with Gasteiger partial charge in [-0.05, 0) is 37.1 Å². The fourth-order valence-electron chi connectivity index (χ4n) is 2.15. The normalized spacial score (nSPS) is 10.1. The van der Waals surface area contributed by atoms with Gasteiger partial charge >= 0.3 is 5.97 Å². The number of carbonyl (C=O) groups is 3. The van der Waals surface area contributed by atoms with Gasteiger partial charge in [0.15, 0.2) is 0 Å². The molecule has 0 radical (unpaired) electrons. The van der Waals surface area contributed by atoms with Crippen molar-refractivity contribution in [1.29, 1.82) is 0 Å². The number of ether oxygens (including phenoxy) is 1. The average Bonchev–Trinajstić information content (AvgIpc) is 2.59. The summed E-state index contributed by atoms with van der Waals surface area (Å²) in [5, 5.41) is 2.38. The van der Waals surface area contributed by atoms with Crippen LogP contribution in [0.2, 0.25) is 0 Å². The van der Waals surface area contributed by atoms with E-state index < -0.39 is 11.8 Å². The van der Waals surface area contributed by atoms with E-state index in [9.17, 15) is 14.4 Å². The molecule has 3 N–H and O–H groups in total. The number of nitrogens with two attached hydrogens (primary N) is 1. The number of carbonyl (C=O) groups excluding carboxylic acids is 3. The third-order valence-electron chi connectivity index (χ3n) is 3.49. The molecule has 0 spiro atoms. The van der Waals surface area contributed by atoms with E-state index in [2.05, 4.69) is 5.32 Å². The first-order chi connectivity index (χ1) is 11.9. The highest BCUT2D eigenvalue weighted by Gasteiger charge is 2.10. The second-order valence-corrected chi connectivity index (χ2v) is 5.64. The zero-order chi connectivity index (χ0) is 18.2. The van der Waals surface area contributed by atoms with Gasteiger partial charge in [0.25, 0.3) is 5.91 Å². The molecule has 0 saturated heterocycles. The minimum Gasteiger partial charge on any atom is -0.426 e. The van der Waals surface area contributed by atoms with Crippen LogP contribution in [0.4, 0.5) is 0 Å². The first kappa shape index (κ1) is 18.2. The van der Waals surface area contributed by atoms with Gasteiger partial charge in [0, 0.05) is 12.0 Å². The van der Waals surface area contributed by atoms with Crippen LogP contribution < -0.4 is 15.8 Å². The summed E-state index contributed by atoms with van der Waals surface area (Å²) in [5.74, 6) is -1.20. The second-order valence-electron chi connectivity index (χ2n) is 5.64. The summed E-state index contributed by atoms with van der Waals surface area (Å²) in [6, 6.07) is 14.1. The van der Waals surface area contributed by atoms with Gasteiger partial charge in [0.2, 0.25) is 5.91 Å². The molecule has 0 aliphatic carbocycles. The number of hydrogen-bond donors (Lipinski definition) is 2. The lowest BCUT2D eigenvalue weighted by Gasteiger charge is -2.07. The van der Waals surface area contributed by atoms with Gasteiger partial charge in [-0.15, -0.1) is 0 Å². The first-order valence-electron chi connectivity index (χ1n) is 7.87. The molecule has 2 rings (SSSR count). The molecule has 0 atom stereocenters. The Hall–Kier alpha value is -3.15. The van der Waals surface area contributed by atoms with Crippen LogP contribution in [-0.2, 0) is 16.0 Å². The molecule has 0 aliphatic rings. The molecule has 0 heterocycles. The molecule has 0 aromatic heterocycles. The molecule has 0 bridgehead atoms. The highest BCUT2D eigenvalue weighted by atomic mass is 16.5. The Morgan fingerprint density at radius 1 is 1.08 bits per heavy atom. The minimum absolute atomic E-state index is 0.237. The molecule has 6 nitrogen and oxygen atoms in total. The monoisotopic (exact) mass is 340 g/mol. The molecule has 2 aromatic rings. The van der Waals surface area contributed by atoms with Gasteiger partial charge in [-0.2, -0.15) is 0 Å². The fraction of sp³-hybridized carbons (Fsp3) is 0.211. The molecule has 0 aliphatic heterocycles. The molecule has 25 heavy (non-hydrogen) atoms. The summed E-state index contributed by atoms with van der Waals surface area (Å²) >= 11 is 0. The third-order valence-corrected chi connectivity index (χ3v) is 3.49. The highest BCUT2D eigenvalue weighted by Crippen LogP contribution is 2.15. The van der Waals surface area contributed by atoms with Gasteiger partial charge in [0.1, 0.15) is 5.75 Å². The number of amides is 2. The van der Waals surface area contributed by atoms with Crippen LogP contribution in [-0.4, -0.2) is 24.3 Å². The maximum atomic E-state index is 12.0. The number of benzene rings is 2. The summed E-state index contributed by atoms with van der Waals surface area (Å²) in [4.78, 5) is 34.5. The standard InChI is InChI=1S/C19H20N2O4/c1-13-5-7-14(8-6-13)9-10-18(23)25-16-4-2-3-15(11-16)19(24)21-12-17(20)22/h2-8,11H,9-10,12H2,1H3,(H2,20,22)(H,21,24). The van der Waals surface area contributed by atoms with Gasteiger partial charge in [-0.25, -0.2) is 0 Å².